The zero-order chi connectivity index (χ0) is 14.6. The molecule has 1 saturated carbocycles. The molecule has 0 heterocycles. The van der Waals surface area contributed by atoms with Crippen LogP contribution in [0.25, 0.3) is 0 Å². The SMILES string of the molecule is C=CCN(C1CCCCC1)S(=O)(=O)c1cccc(C)c1. The lowest BCUT2D eigenvalue weighted by atomic mass is 9.95. The molecule has 2 rings (SSSR count). The maximum absolute atomic E-state index is 12.9. The predicted molar refractivity (Wildman–Crippen MR) is 82.1 cm³/mol. The van der Waals surface area contributed by atoms with Gasteiger partial charge in [0.1, 0.15) is 0 Å². The van der Waals surface area contributed by atoms with Crippen molar-refractivity contribution in [1.82, 2.24) is 4.31 Å². The molecule has 20 heavy (non-hydrogen) atoms. The summed E-state index contributed by atoms with van der Waals surface area (Å²) in [7, 11) is -3.42. The minimum atomic E-state index is -3.42. The molecule has 1 aromatic rings. The van der Waals surface area contributed by atoms with Crippen LogP contribution in [0, 0.1) is 6.92 Å². The molecule has 0 bridgehead atoms. The maximum atomic E-state index is 12.9. The van der Waals surface area contributed by atoms with E-state index >= 15 is 0 Å². The first kappa shape index (κ1) is 15.3. The molecule has 0 unspecified atom stereocenters. The van der Waals surface area contributed by atoms with E-state index in [-0.39, 0.29) is 6.04 Å². The van der Waals surface area contributed by atoms with Gasteiger partial charge in [0, 0.05) is 12.6 Å². The van der Waals surface area contributed by atoms with Gasteiger partial charge < -0.3 is 0 Å². The second-order valence-electron chi connectivity index (χ2n) is 5.47. The van der Waals surface area contributed by atoms with Crippen molar-refractivity contribution in [2.45, 2.75) is 50.0 Å². The van der Waals surface area contributed by atoms with E-state index in [4.69, 9.17) is 0 Å². The molecule has 0 N–H and O–H groups in total. The van der Waals surface area contributed by atoms with E-state index in [1.807, 2.05) is 13.0 Å². The van der Waals surface area contributed by atoms with Gasteiger partial charge in [0.15, 0.2) is 0 Å². The second-order valence-corrected chi connectivity index (χ2v) is 7.36. The highest BCUT2D eigenvalue weighted by molar-refractivity contribution is 7.89. The molecular formula is C16H23NO2S. The van der Waals surface area contributed by atoms with Crippen molar-refractivity contribution in [3.63, 3.8) is 0 Å². The number of hydrogen-bond acceptors (Lipinski definition) is 2. The van der Waals surface area contributed by atoms with Gasteiger partial charge in [-0.25, -0.2) is 8.42 Å². The molecule has 110 valence electrons. The molecule has 0 radical (unpaired) electrons. The number of hydrogen-bond donors (Lipinski definition) is 0. The monoisotopic (exact) mass is 293 g/mol. The van der Waals surface area contributed by atoms with Crippen molar-refractivity contribution < 1.29 is 8.42 Å². The Morgan fingerprint density at radius 1 is 1.30 bits per heavy atom. The average molecular weight is 293 g/mol. The molecule has 0 spiro atoms. The van der Waals surface area contributed by atoms with Crippen LogP contribution in [0.5, 0.6) is 0 Å². The summed E-state index contributed by atoms with van der Waals surface area (Å²) < 4.78 is 27.3. The molecule has 1 aliphatic carbocycles. The Balaban J connectivity index is 2.33. The Morgan fingerprint density at radius 2 is 2.00 bits per heavy atom. The normalized spacial score (nSPS) is 17.3. The van der Waals surface area contributed by atoms with Gasteiger partial charge in [0.2, 0.25) is 10.0 Å². The zero-order valence-electron chi connectivity index (χ0n) is 12.1. The van der Waals surface area contributed by atoms with Gasteiger partial charge in [-0.3, -0.25) is 0 Å². The van der Waals surface area contributed by atoms with Crippen molar-refractivity contribution in [1.29, 1.82) is 0 Å². The summed E-state index contributed by atoms with van der Waals surface area (Å²) in [5.74, 6) is 0. The number of aryl methyl sites for hydroxylation is 1. The summed E-state index contributed by atoms with van der Waals surface area (Å²) in [5, 5.41) is 0. The summed E-state index contributed by atoms with van der Waals surface area (Å²) in [6, 6.07) is 7.26. The maximum Gasteiger partial charge on any atom is 0.243 e. The smallest absolute Gasteiger partial charge is 0.207 e. The van der Waals surface area contributed by atoms with Gasteiger partial charge in [-0.1, -0.05) is 37.5 Å². The van der Waals surface area contributed by atoms with E-state index in [0.717, 1.165) is 31.2 Å². The third-order valence-electron chi connectivity index (χ3n) is 3.89. The zero-order valence-corrected chi connectivity index (χ0v) is 12.9. The first-order valence-corrected chi connectivity index (χ1v) is 8.69. The standard InChI is InChI=1S/C16H23NO2S/c1-3-12-17(15-9-5-4-6-10-15)20(18,19)16-11-7-8-14(2)13-16/h3,7-8,11,13,15H,1,4-6,9-10,12H2,2H3. The Kier molecular flexibility index (Phi) is 5.00. The molecule has 3 nitrogen and oxygen atoms in total. The van der Waals surface area contributed by atoms with E-state index in [0.29, 0.717) is 11.4 Å². The van der Waals surface area contributed by atoms with Gasteiger partial charge in [-0.15, -0.1) is 6.58 Å². The fourth-order valence-electron chi connectivity index (χ4n) is 2.85. The van der Waals surface area contributed by atoms with Crippen LogP contribution < -0.4 is 0 Å². The second kappa shape index (κ2) is 6.55. The first-order valence-electron chi connectivity index (χ1n) is 7.25. The summed E-state index contributed by atoms with van der Waals surface area (Å²) >= 11 is 0. The molecule has 1 aromatic carbocycles. The van der Waals surface area contributed by atoms with Crippen LogP contribution in [0.3, 0.4) is 0 Å². The molecule has 0 aliphatic heterocycles. The van der Waals surface area contributed by atoms with E-state index < -0.39 is 10.0 Å². The van der Waals surface area contributed by atoms with Crippen LogP contribution >= 0.6 is 0 Å². The fraction of sp³-hybridized carbons (Fsp3) is 0.500. The van der Waals surface area contributed by atoms with Gasteiger partial charge in [0.25, 0.3) is 0 Å². The summed E-state index contributed by atoms with van der Waals surface area (Å²) in [6.07, 6.45) is 7.03. The third-order valence-corrected chi connectivity index (χ3v) is 5.80. The molecular weight excluding hydrogens is 270 g/mol. The van der Waals surface area contributed by atoms with Crippen LogP contribution in [-0.2, 0) is 10.0 Å². The fourth-order valence-corrected chi connectivity index (χ4v) is 4.61. The van der Waals surface area contributed by atoms with Crippen LogP contribution in [0.15, 0.2) is 41.8 Å². The quantitative estimate of drug-likeness (QED) is 0.779. The summed E-state index contributed by atoms with van der Waals surface area (Å²) in [6.45, 7) is 6.02. The Morgan fingerprint density at radius 3 is 2.60 bits per heavy atom. The van der Waals surface area contributed by atoms with Crippen molar-refractivity contribution >= 4 is 10.0 Å². The number of sulfonamides is 1. The van der Waals surface area contributed by atoms with Crippen LogP contribution in [0.1, 0.15) is 37.7 Å². The minimum Gasteiger partial charge on any atom is -0.207 e. The third kappa shape index (κ3) is 3.30. The predicted octanol–water partition coefficient (Wildman–Crippen LogP) is 3.50. The van der Waals surface area contributed by atoms with Crippen LogP contribution in [0.2, 0.25) is 0 Å². The minimum absolute atomic E-state index is 0.118. The van der Waals surface area contributed by atoms with Gasteiger partial charge in [0.05, 0.1) is 4.90 Å². The highest BCUT2D eigenvalue weighted by Crippen LogP contribution is 2.28. The number of rotatable bonds is 5. The largest absolute Gasteiger partial charge is 0.243 e. The molecule has 0 amide bonds. The highest BCUT2D eigenvalue weighted by Gasteiger charge is 2.31. The van der Waals surface area contributed by atoms with E-state index in [1.54, 1.807) is 28.6 Å². The Labute approximate surface area is 122 Å². The summed E-state index contributed by atoms with van der Waals surface area (Å²) in [4.78, 5) is 0.393. The molecule has 0 atom stereocenters. The van der Waals surface area contributed by atoms with Crippen LogP contribution in [0.4, 0.5) is 0 Å². The average Bonchev–Trinajstić information content (AvgIpc) is 2.45. The van der Waals surface area contributed by atoms with E-state index in [2.05, 4.69) is 6.58 Å². The van der Waals surface area contributed by atoms with Gasteiger partial charge in [-0.05, 0) is 37.5 Å². The Hall–Kier alpha value is -1.13. The van der Waals surface area contributed by atoms with E-state index in [1.165, 1.54) is 6.42 Å². The van der Waals surface area contributed by atoms with E-state index in [9.17, 15) is 8.42 Å². The molecule has 0 aromatic heterocycles. The summed E-state index contributed by atoms with van der Waals surface area (Å²) in [5.41, 5.74) is 0.966. The topological polar surface area (TPSA) is 37.4 Å². The number of nitrogens with zero attached hydrogens (tertiary/aromatic N) is 1. The van der Waals surface area contributed by atoms with Gasteiger partial charge in [-0.2, -0.15) is 4.31 Å². The van der Waals surface area contributed by atoms with Crippen molar-refractivity contribution in [3.05, 3.63) is 42.5 Å². The molecule has 1 fully saturated rings. The first-order chi connectivity index (χ1) is 9.55. The lowest BCUT2D eigenvalue weighted by Crippen LogP contribution is -2.41. The molecule has 1 aliphatic rings. The lowest BCUT2D eigenvalue weighted by molar-refractivity contribution is 0.269. The lowest BCUT2D eigenvalue weighted by Gasteiger charge is -2.32. The Bertz CT molecular complexity index is 560. The highest BCUT2D eigenvalue weighted by atomic mass is 32.2. The van der Waals surface area contributed by atoms with Crippen LogP contribution in [-0.4, -0.2) is 25.3 Å². The van der Waals surface area contributed by atoms with Crippen molar-refractivity contribution in [2.75, 3.05) is 6.54 Å². The van der Waals surface area contributed by atoms with Crippen molar-refractivity contribution in [3.8, 4) is 0 Å². The number of benzene rings is 1. The molecule has 0 saturated heterocycles. The van der Waals surface area contributed by atoms with Gasteiger partial charge >= 0.3 is 0 Å². The molecule has 4 heteroatoms. The van der Waals surface area contributed by atoms with Crippen molar-refractivity contribution in [2.24, 2.45) is 0 Å².